The van der Waals surface area contributed by atoms with Crippen LogP contribution in [0, 0.1) is 5.82 Å². The molecule has 34 heavy (non-hydrogen) atoms. The second kappa shape index (κ2) is 10.0. The lowest BCUT2D eigenvalue weighted by atomic mass is 10.2. The molecule has 0 saturated carbocycles. The number of halogens is 5. The third kappa shape index (κ3) is 5.97. The number of nitrogens with one attached hydrogen (secondary N) is 3. The lowest BCUT2D eigenvalue weighted by Crippen LogP contribution is -2.33. The van der Waals surface area contributed by atoms with Gasteiger partial charge in [0.2, 0.25) is 0 Å². The highest BCUT2D eigenvalue weighted by atomic mass is 35.5. The Kier molecular flexibility index (Phi) is 7.32. The van der Waals surface area contributed by atoms with Crippen LogP contribution in [0.2, 0.25) is 5.02 Å². The Labute approximate surface area is 195 Å². The third-order valence-corrected chi connectivity index (χ3v) is 4.77. The van der Waals surface area contributed by atoms with Gasteiger partial charge in [0.25, 0.3) is 5.91 Å². The summed E-state index contributed by atoms with van der Waals surface area (Å²) in [6, 6.07) is 5.27. The van der Waals surface area contributed by atoms with E-state index in [0.29, 0.717) is 11.1 Å². The number of nitrogens with zero attached hydrogens (tertiary/aromatic N) is 1. The van der Waals surface area contributed by atoms with Crippen molar-refractivity contribution in [1.82, 2.24) is 10.4 Å². The average Bonchev–Trinajstić information content (AvgIpc) is 2.77. The quantitative estimate of drug-likeness (QED) is 0.444. The monoisotopic (exact) mass is 500 g/mol. The Bertz CT molecular complexity index is 1180. The molecule has 0 saturated heterocycles. The molecule has 4 N–H and O–H groups in total. The Hall–Kier alpha value is -3.77. The second-order valence-corrected chi connectivity index (χ2v) is 7.22. The molecular formula is C21H17ClF4N4O4. The van der Waals surface area contributed by atoms with E-state index in [-0.39, 0.29) is 35.1 Å². The zero-order chi connectivity index (χ0) is 25.0. The molecule has 0 fully saturated rings. The van der Waals surface area contributed by atoms with E-state index in [1.807, 2.05) is 0 Å². The van der Waals surface area contributed by atoms with Gasteiger partial charge in [0.15, 0.2) is 0 Å². The zero-order valence-corrected chi connectivity index (χ0v) is 18.1. The fraction of sp³-hybridized carbons (Fsp3) is 0.143. The molecule has 0 aromatic heterocycles. The van der Waals surface area contributed by atoms with Gasteiger partial charge in [0.05, 0.1) is 22.8 Å². The predicted molar refractivity (Wildman–Crippen MR) is 115 cm³/mol. The van der Waals surface area contributed by atoms with Crippen molar-refractivity contribution >= 4 is 34.9 Å². The van der Waals surface area contributed by atoms with Crippen LogP contribution in [0.3, 0.4) is 0 Å². The van der Waals surface area contributed by atoms with Crippen LogP contribution in [0.25, 0.3) is 0 Å². The number of urea groups is 1. The first kappa shape index (κ1) is 24.9. The van der Waals surface area contributed by atoms with Crippen LogP contribution in [-0.4, -0.2) is 35.8 Å². The third-order valence-electron chi connectivity index (χ3n) is 4.44. The molecule has 0 atom stereocenters. The van der Waals surface area contributed by atoms with Crippen molar-refractivity contribution in [2.45, 2.75) is 6.18 Å². The molecule has 180 valence electrons. The van der Waals surface area contributed by atoms with E-state index in [9.17, 15) is 32.4 Å². The van der Waals surface area contributed by atoms with Crippen LogP contribution >= 0.6 is 11.6 Å². The van der Waals surface area contributed by atoms with Gasteiger partial charge >= 0.3 is 12.2 Å². The number of likely N-dealkylation sites (N-methyl/N-ethyl adjacent to an activating group) is 1. The van der Waals surface area contributed by atoms with Crippen molar-refractivity contribution in [2.75, 3.05) is 24.2 Å². The molecule has 0 spiro atoms. The van der Waals surface area contributed by atoms with Crippen LogP contribution in [0.5, 0.6) is 5.75 Å². The molecule has 0 radical (unpaired) electrons. The van der Waals surface area contributed by atoms with Crippen LogP contribution in [0.15, 0.2) is 60.0 Å². The number of hydrogen-bond acceptors (Lipinski definition) is 5. The molecule has 13 heteroatoms. The SMILES string of the molecule is CNC(=O)C1=CC(Oc2ccc(NC(=O)Nc3ccc(Cl)c(C(F)(F)F)c3)c(F)c2)=CCN1O. The highest BCUT2D eigenvalue weighted by Crippen LogP contribution is 2.36. The lowest BCUT2D eigenvalue weighted by Gasteiger charge is -2.22. The number of carbonyl (C=O) groups excluding carboxylic acids is 2. The standard InChI is InChI=1S/C21H17ClF4N4O4/c1-27-19(31)18-10-13(6-7-30(18)33)34-12-3-5-17(16(23)9-12)29-20(32)28-11-2-4-15(22)14(8-11)21(24,25)26/h2-6,8-10,33H,7H2,1H3,(H,27,31)(H2,28,29,32). The largest absolute Gasteiger partial charge is 0.457 e. The van der Waals surface area contributed by atoms with Gasteiger partial charge in [-0.05, 0) is 36.4 Å². The Balaban J connectivity index is 1.67. The van der Waals surface area contributed by atoms with Crippen LogP contribution in [0.1, 0.15) is 5.56 Å². The highest BCUT2D eigenvalue weighted by molar-refractivity contribution is 6.31. The van der Waals surface area contributed by atoms with Gasteiger partial charge in [0, 0.05) is 24.9 Å². The molecule has 0 bridgehead atoms. The first-order valence-electron chi connectivity index (χ1n) is 9.50. The molecule has 3 rings (SSSR count). The summed E-state index contributed by atoms with van der Waals surface area (Å²) in [5.74, 6) is -1.25. The minimum atomic E-state index is -4.72. The minimum absolute atomic E-state index is 0.0288. The van der Waals surface area contributed by atoms with Crippen molar-refractivity contribution in [2.24, 2.45) is 0 Å². The summed E-state index contributed by atoms with van der Waals surface area (Å²) in [4.78, 5) is 23.9. The Morgan fingerprint density at radius 2 is 1.88 bits per heavy atom. The Morgan fingerprint density at radius 3 is 2.53 bits per heavy atom. The van der Waals surface area contributed by atoms with Gasteiger partial charge in [-0.15, -0.1) is 0 Å². The van der Waals surface area contributed by atoms with E-state index in [1.165, 1.54) is 31.3 Å². The number of amides is 3. The number of hydroxylamine groups is 2. The topological polar surface area (TPSA) is 103 Å². The molecule has 1 aliphatic rings. The summed E-state index contributed by atoms with van der Waals surface area (Å²) in [5, 5.41) is 16.6. The molecular weight excluding hydrogens is 484 g/mol. The van der Waals surface area contributed by atoms with E-state index >= 15 is 0 Å². The normalized spacial score (nSPS) is 13.6. The summed E-state index contributed by atoms with van der Waals surface area (Å²) in [7, 11) is 1.38. The summed E-state index contributed by atoms with van der Waals surface area (Å²) in [5.41, 5.74) is -1.67. The maximum Gasteiger partial charge on any atom is 0.417 e. The van der Waals surface area contributed by atoms with Gasteiger partial charge in [0.1, 0.15) is 23.0 Å². The number of benzene rings is 2. The van der Waals surface area contributed by atoms with Gasteiger partial charge in [-0.2, -0.15) is 13.2 Å². The fourth-order valence-electron chi connectivity index (χ4n) is 2.83. The lowest BCUT2D eigenvalue weighted by molar-refractivity contribution is -0.137. The molecule has 0 aliphatic carbocycles. The van der Waals surface area contributed by atoms with Crippen LogP contribution in [-0.2, 0) is 11.0 Å². The second-order valence-electron chi connectivity index (χ2n) is 6.81. The molecule has 2 aromatic rings. The maximum absolute atomic E-state index is 14.5. The minimum Gasteiger partial charge on any atom is -0.457 e. The maximum atomic E-state index is 14.5. The van der Waals surface area contributed by atoms with Crippen molar-refractivity contribution in [3.63, 3.8) is 0 Å². The van der Waals surface area contributed by atoms with Crippen molar-refractivity contribution in [3.05, 3.63) is 76.4 Å². The number of hydrogen-bond donors (Lipinski definition) is 4. The van der Waals surface area contributed by atoms with Crippen molar-refractivity contribution in [1.29, 1.82) is 0 Å². The van der Waals surface area contributed by atoms with E-state index in [2.05, 4.69) is 16.0 Å². The summed E-state index contributed by atoms with van der Waals surface area (Å²) in [6.45, 7) is -0.0440. The number of rotatable bonds is 5. The number of alkyl halides is 3. The smallest absolute Gasteiger partial charge is 0.417 e. The van der Waals surface area contributed by atoms with Gasteiger partial charge in [-0.25, -0.2) is 14.2 Å². The Morgan fingerprint density at radius 1 is 1.15 bits per heavy atom. The molecule has 1 heterocycles. The van der Waals surface area contributed by atoms with E-state index in [4.69, 9.17) is 16.3 Å². The van der Waals surface area contributed by atoms with Crippen LogP contribution < -0.4 is 20.7 Å². The highest BCUT2D eigenvalue weighted by Gasteiger charge is 2.33. The van der Waals surface area contributed by atoms with Crippen LogP contribution in [0.4, 0.5) is 33.7 Å². The van der Waals surface area contributed by atoms with Crippen molar-refractivity contribution < 1.29 is 37.1 Å². The summed E-state index contributed by atoms with van der Waals surface area (Å²) in [6.07, 6.45) is -2.01. The number of carbonyl (C=O) groups is 2. The number of anilines is 2. The predicted octanol–water partition coefficient (Wildman–Crippen LogP) is 4.74. The summed E-state index contributed by atoms with van der Waals surface area (Å²) >= 11 is 5.54. The summed E-state index contributed by atoms with van der Waals surface area (Å²) < 4.78 is 58.8. The molecule has 3 amide bonds. The van der Waals surface area contributed by atoms with E-state index in [0.717, 1.165) is 18.2 Å². The number of ether oxygens (including phenoxy) is 1. The first-order valence-corrected chi connectivity index (χ1v) is 9.88. The fourth-order valence-corrected chi connectivity index (χ4v) is 3.05. The molecule has 8 nitrogen and oxygen atoms in total. The van der Waals surface area contributed by atoms with Gasteiger partial charge < -0.3 is 20.7 Å². The zero-order valence-electron chi connectivity index (χ0n) is 17.3. The molecule has 0 unspecified atom stereocenters. The van der Waals surface area contributed by atoms with E-state index in [1.54, 1.807) is 0 Å². The van der Waals surface area contributed by atoms with Gasteiger partial charge in [-0.1, -0.05) is 11.6 Å². The molecule has 2 aromatic carbocycles. The van der Waals surface area contributed by atoms with Gasteiger partial charge in [-0.3, -0.25) is 10.0 Å². The van der Waals surface area contributed by atoms with E-state index < -0.39 is 34.5 Å². The van der Waals surface area contributed by atoms with Crippen molar-refractivity contribution in [3.8, 4) is 5.75 Å². The number of allylic oxidation sites excluding steroid dienone is 1. The average molecular weight is 501 g/mol. The molecule has 1 aliphatic heterocycles. The first-order chi connectivity index (χ1) is 16.0.